The first-order valence-electron chi connectivity index (χ1n) is 5.48. The zero-order valence-corrected chi connectivity index (χ0v) is 9.31. The Morgan fingerprint density at radius 3 is 2.93 bits per heavy atom. The highest BCUT2D eigenvalue weighted by molar-refractivity contribution is 5.80. The molecule has 4 heteroatoms. The lowest BCUT2D eigenvalue weighted by atomic mass is 10.3. The van der Waals surface area contributed by atoms with Crippen LogP contribution in [0.25, 0.3) is 0 Å². The van der Waals surface area contributed by atoms with Gasteiger partial charge in [0.15, 0.2) is 0 Å². The van der Waals surface area contributed by atoms with Gasteiger partial charge in [-0.2, -0.15) is 5.10 Å². The molecule has 1 aromatic heterocycles. The van der Waals surface area contributed by atoms with E-state index in [2.05, 4.69) is 12.0 Å². The summed E-state index contributed by atoms with van der Waals surface area (Å²) in [6.45, 7) is 3.55. The summed E-state index contributed by atoms with van der Waals surface area (Å²) in [5.41, 5.74) is 0.966. The second-order valence-corrected chi connectivity index (χ2v) is 4.13. The second-order valence-electron chi connectivity index (χ2n) is 4.13. The van der Waals surface area contributed by atoms with Crippen LogP contribution in [0, 0.1) is 5.92 Å². The van der Waals surface area contributed by atoms with Crippen LogP contribution in [-0.2, 0) is 17.9 Å². The summed E-state index contributed by atoms with van der Waals surface area (Å²) in [5, 5.41) is 4.35. The molecule has 1 fully saturated rings. The van der Waals surface area contributed by atoms with Gasteiger partial charge in [-0.3, -0.25) is 9.48 Å². The summed E-state index contributed by atoms with van der Waals surface area (Å²) < 4.78 is 1.88. The van der Waals surface area contributed by atoms with Crippen LogP contribution in [0.5, 0.6) is 0 Å². The second kappa shape index (κ2) is 4.04. The lowest BCUT2D eigenvalue weighted by Crippen LogP contribution is -2.27. The Bertz CT molecular complexity index is 354. The minimum Gasteiger partial charge on any atom is -0.340 e. The van der Waals surface area contributed by atoms with Crippen LogP contribution in [0.2, 0.25) is 0 Å². The van der Waals surface area contributed by atoms with E-state index in [-0.39, 0.29) is 5.91 Å². The van der Waals surface area contributed by atoms with Crippen molar-refractivity contribution in [3.8, 4) is 0 Å². The van der Waals surface area contributed by atoms with Crippen molar-refractivity contribution >= 4 is 5.91 Å². The van der Waals surface area contributed by atoms with Gasteiger partial charge in [0.25, 0.3) is 0 Å². The Morgan fingerprint density at radius 1 is 1.67 bits per heavy atom. The summed E-state index contributed by atoms with van der Waals surface area (Å²) in [6, 6.07) is 1.97. The number of hydrogen-bond acceptors (Lipinski definition) is 2. The van der Waals surface area contributed by atoms with E-state index < -0.39 is 0 Å². The van der Waals surface area contributed by atoms with Gasteiger partial charge in [-0.1, -0.05) is 0 Å². The molecular weight excluding hydrogens is 190 g/mol. The number of nitrogens with zero attached hydrogens (tertiary/aromatic N) is 3. The third-order valence-corrected chi connectivity index (χ3v) is 2.72. The standard InChI is InChI=1S/C11H17N3O/c1-3-14-7-6-10(12-14)8-13(2)11(15)9-4-5-9/h6-7,9H,3-5,8H2,1-2H3. The quantitative estimate of drug-likeness (QED) is 0.745. The number of aromatic nitrogens is 2. The van der Waals surface area contributed by atoms with E-state index >= 15 is 0 Å². The largest absolute Gasteiger partial charge is 0.340 e. The van der Waals surface area contributed by atoms with Gasteiger partial charge < -0.3 is 4.90 Å². The highest BCUT2D eigenvalue weighted by Gasteiger charge is 2.32. The lowest BCUT2D eigenvalue weighted by molar-refractivity contribution is -0.131. The first-order chi connectivity index (χ1) is 7.20. The van der Waals surface area contributed by atoms with E-state index in [1.54, 1.807) is 4.90 Å². The minimum absolute atomic E-state index is 0.265. The summed E-state index contributed by atoms with van der Waals surface area (Å²) >= 11 is 0. The van der Waals surface area contributed by atoms with Gasteiger partial charge in [0.05, 0.1) is 12.2 Å². The smallest absolute Gasteiger partial charge is 0.225 e. The van der Waals surface area contributed by atoms with Crippen molar-refractivity contribution in [2.45, 2.75) is 32.9 Å². The number of hydrogen-bond donors (Lipinski definition) is 0. The fraction of sp³-hybridized carbons (Fsp3) is 0.636. The van der Waals surface area contributed by atoms with Gasteiger partial charge in [-0.15, -0.1) is 0 Å². The Kier molecular flexibility index (Phi) is 2.75. The van der Waals surface area contributed by atoms with Crippen LogP contribution in [0.1, 0.15) is 25.5 Å². The van der Waals surface area contributed by atoms with Crippen LogP contribution in [-0.4, -0.2) is 27.6 Å². The molecule has 1 aliphatic rings. The first kappa shape index (κ1) is 10.2. The third-order valence-electron chi connectivity index (χ3n) is 2.72. The van der Waals surface area contributed by atoms with Crippen LogP contribution in [0.15, 0.2) is 12.3 Å². The molecule has 2 rings (SSSR count). The maximum absolute atomic E-state index is 11.7. The first-order valence-corrected chi connectivity index (χ1v) is 5.48. The summed E-state index contributed by atoms with van der Waals surface area (Å²) in [5.74, 6) is 0.560. The van der Waals surface area contributed by atoms with Crippen molar-refractivity contribution in [3.05, 3.63) is 18.0 Å². The molecule has 1 amide bonds. The average Bonchev–Trinajstić information content (AvgIpc) is 2.98. The molecule has 0 atom stereocenters. The predicted molar refractivity (Wildman–Crippen MR) is 57.1 cm³/mol. The molecule has 0 N–H and O–H groups in total. The van der Waals surface area contributed by atoms with Crippen molar-refractivity contribution in [1.82, 2.24) is 14.7 Å². The van der Waals surface area contributed by atoms with Crippen molar-refractivity contribution in [1.29, 1.82) is 0 Å². The van der Waals surface area contributed by atoms with E-state index in [4.69, 9.17) is 0 Å². The minimum atomic E-state index is 0.265. The number of carbonyl (C=O) groups is 1. The van der Waals surface area contributed by atoms with Gasteiger partial charge in [0, 0.05) is 25.7 Å². The highest BCUT2D eigenvalue weighted by atomic mass is 16.2. The zero-order chi connectivity index (χ0) is 10.8. The van der Waals surface area contributed by atoms with Crippen LogP contribution < -0.4 is 0 Å². The van der Waals surface area contributed by atoms with E-state index in [1.165, 1.54) is 0 Å². The molecule has 0 bridgehead atoms. The van der Waals surface area contributed by atoms with E-state index in [9.17, 15) is 4.79 Å². The Labute approximate surface area is 89.9 Å². The van der Waals surface area contributed by atoms with Crippen LogP contribution in [0.4, 0.5) is 0 Å². The van der Waals surface area contributed by atoms with E-state index in [0.29, 0.717) is 12.5 Å². The van der Waals surface area contributed by atoms with Crippen LogP contribution >= 0.6 is 0 Å². The van der Waals surface area contributed by atoms with E-state index in [0.717, 1.165) is 25.1 Å². The summed E-state index contributed by atoms with van der Waals surface area (Å²) in [7, 11) is 1.85. The van der Waals surface area contributed by atoms with Crippen LogP contribution in [0.3, 0.4) is 0 Å². The van der Waals surface area contributed by atoms with Gasteiger partial charge in [-0.25, -0.2) is 0 Å². The highest BCUT2D eigenvalue weighted by Crippen LogP contribution is 2.30. The molecule has 1 aliphatic carbocycles. The molecule has 0 spiro atoms. The zero-order valence-electron chi connectivity index (χ0n) is 9.31. The van der Waals surface area contributed by atoms with Crippen molar-refractivity contribution in [2.24, 2.45) is 5.92 Å². The average molecular weight is 207 g/mol. The number of rotatable bonds is 4. The summed E-state index contributed by atoms with van der Waals surface area (Å²) in [4.78, 5) is 13.5. The Balaban J connectivity index is 1.92. The fourth-order valence-corrected chi connectivity index (χ4v) is 1.63. The Morgan fingerprint density at radius 2 is 2.40 bits per heavy atom. The van der Waals surface area contributed by atoms with Gasteiger partial charge in [0.2, 0.25) is 5.91 Å². The normalized spacial score (nSPS) is 15.3. The number of aryl methyl sites for hydroxylation is 1. The monoisotopic (exact) mass is 207 g/mol. The van der Waals surface area contributed by atoms with Gasteiger partial charge in [-0.05, 0) is 25.8 Å². The molecule has 0 saturated heterocycles. The lowest BCUT2D eigenvalue weighted by Gasteiger charge is -2.15. The molecule has 1 heterocycles. The van der Waals surface area contributed by atoms with Gasteiger partial charge in [0.1, 0.15) is 0 Å². The molecule has 82 valence electrons. The van der Waals surface area contributed by atoms with Gasteiger partial charge >= 0.3 is 0 Å². The molecule has 0 unspecified atom stereocenters. The predicted octanol–water partition coefficient (Wildman–Crippen LogP) is 1.27. The SMILES string of the molecule is CCn1ccc(CN(C)C(=O)C2CC2)n1. The van der Waals surface area contributed by atoms with Crippen molar-refractivity contribution in [3.63, 3.8) is 0 Å². The topological polar surface area (TPSA) is 38.1 Å². The third kappa shape index (κ3) is 2.37. The Hall–Kier alpha value is -1.32. The maximum atomic E-state index is 11.7. The molecule has 4 nitrogen and oxygen atoms in total. The molecule has 0 aliphatic heterocycles. The molecule has 0 radical (unpaired) electrons. The molecule has 1 aromatic rings. The fourth-order valence-electron chi connectivity index (χ4n) is 1.63. The molecule has 0 aromatic carbocycles. The molecule has 15 heavy (non-hydrogen) atoms. The van der Waals surface area contributed by atoms with Crippen molar-refractivity contribution in [2.75, 3.05) is 7.05 Å². The number of carbonyl (C=O) groups excluding carboxylic acids is 1. The molecule has 1 saturated carbocycles. The van der Waals surface area contributed by atoms with E-state index in [1.807, 2.05) is 24.0 Å². The van der Waals surface area contributed by atoms with Crippen molar-refractivity contribution < 1.29 is 4.79 Å². The maximum Gasteiger partial charge on any atom is 0.225 e. The molecular formula is C11H17N3O. The summed E-state index contributed by atoms with van der Waals surface area (Å²) in [6.07, 6.45) is 4.07. The number of amides is 1.